The molecular formula is C15HF29O4. The summed E-state index contributed by atoms with van der Waals surface area (Å²) in [5.74, 6) is -87.5. The number of carbonyl (C=O) groups is 1. The standard InChI is InChI=1S/C15HF29O4/c16-2(17,1(45)46)12(37,38)47-14(41,42)15(43,44)48-13(39,40)10(32,33)8(28,29)6(24,25)4(20,21)3(18,19)5(22,23)7(26,27)9(30,31)11(34,35)36/h(H,45,46). The van der Waals surface area contributed by atoms with Crippen molar-refractivity contribution in [2.24, 2.45) is 0 Å². The van der Waals surface area contributed by atoms with Gasteiger partial charge in [-0.15, -0.1) is 0 Å². The number of halogens is 29. The Morgan fingerprint density at radius 2 is 0.521 bits per heavy atom. The van der Waals surface area contributed by atoms with Gasteiger partial charge in [-0.1, -0.05) is 0 Å². The molecule has 0 aromatic rings. The Balaban J connectivity index is 7.13. The molecule has 0 atom stereocenters. The first kappa shape index (κ1) is 45.4. The predicted molar refractivity (Wildman–Crippen MR) is 80.2 cm³/mol. The number of carboxylic acids is 1. The van der Waals surface area contributed by atoms with Crippen LogP contribution in [0.15, 0.2) is 0 Å². The molecule has 1 N–H and O–H groups in total. The number of rotatable bonds is 15. The average Bonchev–Trinajstić information content (AvgIpc) is 2.80. The summed E-state index contributed by atoms with van der Waals surface area (Å²) in [7, 11) is 0. The summed E-state index contributed by atoms with van der Waals surface area (Å²) in [5, 5.41) is 7.69. The van der Waals surface area contributed by atoms with Crippen LogP contribution in [0.1, 0.15) is 0 Å². The van der Waals surface area contributed by atoms with E-state index in [9.17, 15) is 132 Å². The lowest BCUT2D eigenvalue weighted by molar-refractivity contribution is -0.551. The van der Waals surface area contributed by atoms with E-state index < -0.39 is 89.9 Å². The fourth-order valence-corrected chi connectivity index (χ4v) is 2.24. The minimum atomic E-state index is -9.79. The van der Waals surface area contributed by atoms with Crippen LogP contribution in [0.3, 0.4) is 0 Å². The van der Waals surface area contributed by atoms with Gasteiger partial charge < -0.3 is 5.11 Å². The van der Waals surface area contributed by atoms with Gasteiger partial charge in [0.2, 0.25) is 0 Å². The van der Waals surface area contributed by atoms with E-state index in [1.54, 1.807) is 0 Å². The quantitative estimate of drug-likeness (QED) is 0.169. The van der Waals surface area contributed by atoms with Crippen molar-refractivity contribution in [3.8, 4) is 0 Å². The van der Waals surface area contributed by atoms with Crippen molar-refractivity contribution >= 4 is 5.97 Å². The van der Waals surface area contributed by atoms with Crippen LogP contribution < -0.4 is 0 Å². The van der Waals surface area contributed by atoms with Crippen LogP contribution >= 0.6 is 0 Å². The minimum Gasteiger partial charge on any atom is -0.477 e. The van der Waals surface area contributed by atoms with Crippen molar-refractivity contribution in [2.75, 3.05) is 0 Å². The third kappa shape index (κ3) is 5.95. The summed E-state index contributed by atoms with van der Waals surface area (Å²) < 4.78 is 383. The highest BCUT2D eigenvalue weighted by Gasteiger charge is 2.98. The smallest absolute Gasteiger partial charge is 0.460 e. The highest BCUT2D eigenvalue weighted by Crippen LogP contribution is 2.66. The zero-order valence-corrected chi connectivity index (χ0v) is 20.1. The molecule has 0 aliphatic rings. The van der Waals surface area contributed by atoms with Gasteiger partial charge in [0, 0.05) is 0 Å². The lowest BCUT2D eigenvalue weighted by atomic mass is 9.87. The highest BCUT2D eigenvalue weighted by atomic mass is 19.4. The zero-order chi connectivity index (χ0) is 40.0. The third-order valence-corrected chi connectivity index (χ3v) is 4.97. The Bertz CT molecular complexity index is 1200. The maximum absolute atomic E-state index is 13.6. The first-order valence-corrected chi connectivity index (χ1v) is 9.72. The maximum atomic E-state index is 13.6. The summed E-state index contributed by atoms with van der Waals surface area (Å²) in [4.78, 5) is 9.89. The maximum Gasteiger partial charge on any atom is 0.460 e. The van der Waals surface area contributed by atoms with E-state index in [2.05, 4.69) is 0 Å². The molecule has 0 aromatic heterocycles. The molecule has 0 heterocycles. The molecule has 0 unspecified atom stereocenters. The second kappa shape index (κ2) is 11.2. The summed E-state index contributed by atoms with van der Waals surface area (Å²) in [6, 6.07) is 0. The van der Waals surface area contributed by atoms with E-state index in [1.165, 1.54) is 0 Å². The molecule has 0 aliphatic heterocycles. The van der Waals surface area contributed by atoms with Crippen molar-refractivity contribution < 1.29 is 147 Å². The molecule has 4 nitrogen and oxygen atoms in total. The lowest BCUT2D eigenvalue weighted by Crippen LogP contribution is -2.77. The topological polar surface area (TPSA) is 55.8 Å². The van der Waals surface area contributed by atoms with Crippen LogP contribution in [-0.4, -0.2) is 95.0 Å². The summed E-state index contributed by atoms with van der Waals surface area (Å²) in [6.07, 6.45) is -41.6. The molecule has 0 rings (SSSR count). The largest absolute Gasteiger partial charge is 0.477 e. The lowest BCUT2D eigenvalue weighted by Gasteiger charge is -2.44. The number of hydrogen-bond acceptors (Lipinski definition) is 3. The Hall–Kier alpha value is -2.64. The van der Waals surface area contributed by atoms with E-state index in [1.807, 2.05) is 0 Å². The van der Waals surface area contributed by atoms with Crippen molar-refractivity contribution in [3.05, 3.63) is 0 Å². The molecule has 0 fully saturated rings. The van der Waals surface area contributed by atoms with Crippen LogP contribution in [0.5, 0.6) is 0 Å². The second-order valence-electron chi connectivity index (χ2n) is 8.24. The van der Waals surface area contributed by atoms with Crippen LogP contribution in [-0.2, 0) is 14.3 Å². The predicted octanol–water partition coefficient (Wildman–Crippen LogP) is 8.76. The van der Waals surface area contributed by atoms with Gasteiger partial charge in [0.15, 0.2) is 0 Å². The fourth-order valence-electron chi connectivity index (χ4n) is 2.24. The SMILES string of the molecule is O=C(O)C(F)(F)C(F)(F)OC(F)(F)C(F)(F)OC(F)(F)C(F)(F)C(F)(F)C(F)(F)C(F)(F)C(F)(F)C(F)(F)C(F)(F)C(F)(F)C(F)(F)F. The fraction of sp³-hybridized carbons (Fsp3) is 0.933. The minimum absolute atomic E-state index is 0.802. The molecule has 0 saturated heterocycles. The number of hydrogen-bond donors (Lipinski definition) is 1. The van der Waals surface area contributed by atoms with Crippen molar-refractivity contribution in [1.29, 1.82) is 0 Å². The first-order valence-electron chi connectivity index (χ1n) is 9.72. The average molecular weight is 796 g/mol. The number of alkyl halides is 29. The molecule has 0 aromatic carbocycles. The normalized spacial score (nSPS) is 16.8. The van der Waals surface area contributed by atoms with Gasteiger partial charge in [0.05, 0.1) is 0 Å². The van der Waals surface area contributed by atoms with Gasteiger partial charge in [-0.05, 0) is 0 Å². The van der Waals surface area contributed by atoms with Crippen LogP contribution in [0.4, 0.5) is 127 Å². The van der Waals surface area contributed by atoms with E-state index >= 15 is 0 Å². The summed E-state index contributed by atoms with van der Waals surface area (Å²) in [6.45, 7) is 0. The Kier molecular flexibility index (Phi) is 10.6. The van der Waals surface area contributed by atoms with Crippen LogP contribution in [0, 0.1) is 0 Å². The van der Waals surface area contributed by atoms with E-state index in [-0.39, 0.29) is 0 Å². The molecule has 33 heteroatoms. The molecule has 0 amide bonds. The Morgan fingerprint density at radius 3 is 0.750 bits per heavy atom. The van der Waals surface area contributed by atoms with Gasteiger partial charge in [-0.25, -0.2) is 14.3 Å². The Morgan fingerprint density at radius 1 is 0.312 bits per heavy atom. The second-order valence-corrected chi connectivity index (χ2v) is 8.24. The van der Waals surface area contributed by atoms with Crippen molar-refractivity contribution in [2.45, 2.75) is 83.9 Å². The molecule has 0 saturated carbocycles. The molecule has 0 spiro atoms. The molecule has 48 heavy (non-hydrogen) atoms. The number of aliphatic carboxylic acids is 1. The third-order valence-electron chi connectivity index (χ3n) is 4.97. The van der Waals surface area contributed by atoms with E-state index in [0.29, 0.717) is 0 Å². The van der Waals surface area contributed by atoms with Gasteiger partial charge in [0.1, 0.15) is 0 Å². The van der Waals surface area contributed by atoms with Gasteiger partial charge in [-0.2, -0.15) is 127 Å². The van der Waals surface area contributed by atoms with E-state index in [0.717, 1.165) is 9.47 Å². The van der Waals surface area contributed by atoms with E-state index in [4.69, 9.17) is 5.11 Å². The van der Waals surface area contributed by atoms with Crippen molar-refractivity contribution in [1.82, 2.24) is 0 Å². The molecule has 0 bridgehead atoms. The molecular weight excluding hydrogens is 795 g/mol. The molecule has 288 valence electrons. The zero-order valence-electron chi connectivity index (χ0n) is 20.1. The monoisotopic (exact) mass is 796 g/mol. The highest BCUT2D eigenvalue weighted by molar-refractivity contribution is 5.76. The number of ether oxygens (including phenoxy) is 2. The summed E-state index contributed by atoms with van der Waals surface area (Å²) >= 11 is 0. The van der Waals surface area contributed by atoms with Crippen molar-refractivity contribution in [3.63, 3.8) is 0 Å². The molecule has 0 aliphatic carbocycles. The van der Waals surface area contributed by atoms with Gasteiger partial charge in [0.25, 0.3) is 0 Å². The Labute approximate surface area is 238 Å². The van der Waals surface area contributed by atoms with Gasteiger partial charge >= 0.3 is 89.9 Å². The first-order chi connectivity index (χ1) is 20.1. The summed E-state index contributed by atoms with van der Waals surface area (Å²) in [5.41, 5.74) is 0. The van der Waals surface area contributed by atoms with Gasteiger partial charge in [-0.3, -0.25) is 0 Å². The molecule has 0 radical (unpaired) electrons. The number of carboxylic acid groups (broad SMARTS) is 1. The van der Waals surface area contributed by atoms with Crippen LogP contribution in [0.25, 0.3) is 0 Å². The van der Waals surface area contributed by atoms with Crippen LogP contribution in [0.2, 0.25) is 0 Å².